The van der Waals surface area contributed by atoms with Crippen molar-refractivity contribution in [3.63, 3.8) is 0 Å². The molecule has 0 atom stereocenters. The fourth-order valence-corrected chi connectivity index (χ4v) is 5.66. The van der Waals surface area contributed by atoms with E-state index in [4.69, 9.17) is 4.98 Å². The van der Waals surface area contributed by atoms with Crippen molar-refractivity contribution in [1.82, 2.24) is 19.4 Å². The van der Waals surface area contributed by atoms with E-state index in [2.05, 4.69) is 62.9 Å². The predicted octanol–water partition coefficient (Wildman–Crippen LogP) is 5.57. The Hall–Kier alpha value is -4.05. The highest BCUT2D eigenvalue weighted by Gasteiger charge is 2.29. The van der Waals surface area contributed by atoms with Crippen molar-refractivity contribution >= 4 is 27.3 Å². The average Bonchev–Trinajstić information content (AvgIpc) is 3.47. The Morgan fingerprint density at radius 3 is 2.45 bits per heavy atom. The first kappa shape index (κ1) is 15.7. The number of benzene rings is 2. The molecule has 4 heterocycles. The van der Waals surface area contributed by atoms with Gasteiger partial charge in [0, 0.05) is 41.3 Å². The molecule has 4 heteroatoms. The highest BCUT2D eigenvalue weighted by Crippen LogP contribution is 2.46. The molecule has 0 fully saturated rings. The van der Waals surface area contributed by atoms with Gasteiger partial charge in [0.1, 0.15) is 5.65 Å². The van der Waals surface area contributed by atoms with Crippen LogP contribution in [0.1, 0.15) is 22.4 Å². The first-order chi connectivity index (χ1) is 15.4. The van der Waals surface area contributed by atoms with Gasteiger partial charge in [-0.15, -0.1) is 0 Å². The van der Waals surface area contributed by atoms with Crippen LogP contribution in [0, 0.1) is 0 Å². The molecule has 0 N–H and O–H groups in total. The highest BCUT2D eigenvalue weighted by atomic mass is 15.0. The van der Waals surface area contributed by atoms with Crippen LogP contribution in [0.3, 0.4) is 0 Å². The topological polar surface area (TPSA) is 43.1 Å². The standard InChI is InChI=1S/C27H16N4/c1-2-4-18-15(3-1)9-16-11-22-17(10-21(16)18)12-24-26(22)31-25-14-29-8-6-20(25)19-5-7-28-13-23(19)27(31)30-24/h1-8,10-11,13-14H,9,12H2. The van der Waals surface area contributed by atoms with E-state index < -0.39 is 0 Å². The zero-order valence-corrected chi connectivity index (χ0v) is 16.6. The minimum Gasteiger partial charge on any atom is -0.290 e. The average molecular weight is 396 g/mol. The number of nitrogens with zero attached hydrogens (tertiary/aromatic N) is 4. The highest BCUT2D eigenvalue weighted by molar-refractivity contribution is 6.12. The molecule has 0 bridgehead atoms. The lowest BCUT2D eigenvalue weighted by molar-refractivity contribution is 1.16. The SMILES string of the molecule is c1ccc2c(c1)Cc1cc3c(cc1-2)Cc1nc2c4cnccc4c4ccncc4n2c1-3. The maximum absolute atomic E-state index is 5.13. The van der Waals surface area contributed by atoms with Gasteiger partial charge in [-0.25, -0.2) is 4.98 Å². The van der Waals surface area contributed by atoms with Crippen LogP contribution in [-0.4, -0.2) is 19.4 Å². The van der Waals surface area contributed by atoms with E-state index in [1.807, 2.05) is 24.8 Å². The van der Waals surface area contributed by atoms with E-state index in [0.717, 1.165) is 35.1 Å². The number of pyridine rings is 3. The summed E-state index contributed by atoms with van der Waals surface area (Å²) in [6.45, 7) is 0. The lowest BCUT2D eigenvalue weighted by Crippen LogP contribution is -1.96. The summed E-state index contributed by atoms with van der Waals surface area (Å²) in [5.41, 5.74) is 12.7. The van der Waals surface area contributed by atoms with Gasteiger partial charge >= 0.3 is 0 Å². The summed E-state index contributed by atoms with van der Waals surface area (Å²) in [6, 6.07) is 17.7. The van der Waals surface area contributed by atoms with E-state index in [-0.39, 0.29) is 0 Å². The van der Waals surface area contributed by atoms with E-state index >= 15 is 0 Å². The molecule has 0 saturated heterocycles. The second-order valence-electron chi connectivity index (χ2n) is 8.56. The Bertz CT molecular complexity index is 1740. The maximum atomic E-state index is 5.13. The molecule has 0 radical (unpaired) electrons. The Morgan fingerprint density at radius 2 is 1.48 bits per heavy atom. The van der Waals surface area contributed by atoms with Crippen LogP contribution in [0.5, 0.6) is 0 Å². The van der Waals surface area contributed by atoms with Gasteiger partial charge in [-0.2, -0.15) is 0 Å². The van der Waals surface area contributed by atoms with E-state index in [9.17, 15) is 0 Å². The smallest absolute Gasteiger partial charge is 0.147 e. The van der Waals surface area contributed by atoms with Crippen molar-refractivity contribution in [2.45, 2.75) is 12.8 Å². The molecule has 0 unspecified atom stereocenters. The molecule has 2 aliphatic carbocycles. The number of rotatable bonds is 0. The summed E-state index contributed by atoms with van der Waals surface area (Å²) in [5.74, 6) is 0. The zero-order chi connectivity index (χ0) is 20.1. The van der Waals surface area contributed by atoms with Crippen LogP contribution in [-0.2, 0) is 12.8 Å². The molecule has 144 valence electrons. The molecule has 0 aliphatic heterocycles. The van der Waals surface area contributed by atoms with Gasteiger partial charge in [-0.1, -0.05) is 24.3 Å². The Balaban J connectivity index is 1.49. The van der Waals surface area contributed by atoms with E-state index in [1.165, 1.54) is 49.8 Å². The van der Waals surface area contributed by atoms with Gasteiger partial charge in [0.25, 0.3) is 0 Å². The lowest BCUT2D eigenvalue weighted by atomic mass is 9.99. The summed E-state index contributed by atoms with van der Waals surface area (Å²) in [4.78, 5) is 14.0. The zero-order valence-electron chi connectivity index (χ0n) is 16.6. The van der Waals surface area contributed by atoms with Crippen molar-refractivity contribution in [3.8, 4) is 22.4 Å². The van der Waals surface area contributed by atoms with Crippen molar-refractivity contribution in [2.24, 2.45) is 0 Å². The normalized spacial score (nSPS) is 13.5. The summed E-state index contributed by atoms with van der Waals surface area (Å²) < 4.78 is 2.31. The molecule has 4 aromatic heterocycles. The Kier molecular flexibility index (Phi) is 2.72. The molecule has 0 spiro atoms. The number of imidazole rings is 1. The number of aromatic nitrogens is 4. The van der Waals surface area contributed by atoms with Crippen LogP contribution < -0.4 is 0 Å². The second kappa shape index (κ2) is 5.35. The molecular weight excluding hydrogens is 380 g/mol. The Labute approximate surface area is 177 Å². The van der Waals surface area contributed by atoms with E-state index in [1.54, 1.807) is 0 Å². The van der Waals surface area contributed by atoms with Gasteiger partial charge in [-0.05, 0) is 63.9 Å². The molecule has 0 amide bonds. The van der Waals surface area contributed by atoms with Gasteiger partial charge in [-0.3, -0.25) is 14.4 Å². The summed E-state index contributed by atoms with van der Waals surface area (Å²) in [6.07, 6.45) is 9.48. The number of hydrogen-bond acceptors (Lipinski definition) is 3. The van der Waals surface area contributed by atoms with Gasteiger partial charge in [0.15, 0.2) is 0 Å². The second-order valence-corrected chi connectivity index (χ2v) is 8.56. The van der Waals surface area contributed by atoms with Crippen molar-refractivity contribution in [3.05, 3.63) is 95.7 Å². The van der Waals surface area contributed by atoms with Crippen LogP contribution >= 0.6 is 0 Å². The number of hydrogen-bond donors (Lipinski definition) is 0. The van der Waals surface area contributed by atoms with Gasteiger partial charge < -0.3 is 0 Å². The first-order valence-corrected chi connectivity index (χ1v) is 10.6. The van der Waals surface area contributed by atoms with Crippen LogP contribution in [0.25, 0.3) is 49.7 Å². The predicted molar refractivity (Wildman–Crippen MR) is 122 cm³/mol. The molecule has 2 aliphatic rings. The molecule has 4 nitrogen and oxygen atoms in total. The Morgan fingerprint density at radius 1 is 0.677 bits per heavy atom. The van der Waals surface area contributed by atoms with Crippen LogP contribution in [0.4, 0.5) is 0 Å². The van der Waals surface area contributed by atoms with Gasteiger partial charge in [0.2, 0.25) is 0 Å². The monoisotopic (exact) mass is 396 g/mol. The largest absolute Gasteiger partial charge is 0.290 e. The summed E-state index contributed by atoms with van der Waals surface area (Å²) >= 11 is 0. The number of fused-ring (bicyclic) bond motifs is 13. The molecular formula is C27H16N4. The minimum atomic E-state index is 0.866. The van der Waals surface area contributed by atoms with Crippen LogP contribution in [0.2, 0.25) is 0 Å². The van der Waals surface area contributed by atoms with Crippen molar-refractivity contribution < 1.29 is 0 Å². The quantitative estimate of drug-likeness (QED) is 0.315. The third-order valence-electron chi connectivity index (χ3n) is 6.97. The van der Waals surface area contributed by atoms with Crippen molar-refractivity contribution in [2.75, 3.05) is 0 Å². The molecule has 8 rings (SSSR count). The summed E-state index contributed by atoms with van der Waals surface area (Å²) in [5, 5.41) is 3.45. The fourth-order valence-electron chi connectivity index (χ4n) is 5.66. The van der Waals surface area contributed by atoms with Crippen LogP contribution in [0.15, 0.2) is 73.3 Å². The maximum Gasteiger partial charge on any atom is 0.147 e. The minimum absolute atomic E-state index is 0.866. The summed E-state index contributed by atoms with van der Waals surface area (Å²) in [7, 11) is 0. The van der Waals surface area contributed by atoms with Gasteiger partial charge in [0.05, 0.1) is 23.1 Å². The first-order valence-electron chi connectivity index (χ1n) is 10.6. The van der Waals surface area contributed by atoms with E-state index in [0.29, 0.717) is 0 Å². The van der Waals surface area contributed by atoms with Crippen molar-refractivity contribution in [1.29, 1.82) is 0 Å². The molecule has 0 saturated carbocycles. The molecule has 31 heavy (non-hydrogen) atoms. The molecule has 2 aromatic carbocycles. The molecule has 6 aromatic rings. The third-order valence-corrected chi connectivity index (χ3v) is 6.97. The third kappa shape index (κ3) is 1.88. The lowest BCUT2D eigenvalue weighted by Gasteiger charge is -2.11. The fraction of sp³-hybridized carbons (Fsp3) is 0.0741.